The summed E-state index contributed by atoms with van der Waals surface area (Å²) in [5.74, 6) is -2.51. The summed E-state index contributed by atoms with van der Waals surface area (Å²) >= 11 is 0. The quantitative estimate of drug-likeness (QED) is 0.584. The Morgan fingerprint density at radius 3 is 2.33 bits per heavy atom. The highest BCUT2D eigenvalue weighted by molar-refractivity contribution is 6.08. The topological polar surface area (TPSA) is 141 Å². The fourth-order valence-corrected chi connectivity index (χ4v) is 3.31. The highest BCUT2D eigenvalue weighted by Crippen LogP contribution is 2.27. The van der Waals surface area contributed by atoms with E-state index in [9.17, 15) is 19.5 Å². The third-order valence-corrected chi connectivity index (χ3v) is 4.98. The molecule has 30 heavy (non-hydrogen) atoms. The Kier molecular flexibility index (Phi) is 4.88. The molecule has 0 radical (unpaired) electrons. The molecule has 0 atom stereocenters. The number of carboxylic acid groups (broad SMARTS) is 2. The Morgan fingerprint density at radius 1 is 1.07 bits per heavy atom. The van der Waals surface area contributed by atoms with Gasteiger partial charge in [-0.15, -0.1) is 5.10 Å². The molecule has 1 amide bonds. The van der Waals surface area contributed by atoms with E-state index in [0.29, 0.717) is 10.2 Å². The van der Waals surface area contributed by atoms with Crippen molar-refractivity contribution in [2.45, 2.75) is 0 Å². The zero-order chi connectivity index (χ0) is 21.4. The van der Waals surface area contributed by atoms with Crippen LogP contribution in [-0.4, -0.2) is 76.1 Å². The number of carboxylic acids is 1. The van der Waals surface area contributed by atoms with Crippen molar-refractivity contribution in [2.24, 2.45) is 0 Å². The molecule has 3 heterocycles. The summed E-state index contributed by atoms with van der Waals surface area (Å²) < 4.78 is 5.72. The van der Waals surface area contributed by atoms with Crippen LogP contribution in [-0.2, 0) is 0 Å². The van der Waals surface area contributed by atoms with Crippen molar-refractivity contribution in [1.29, 1.82) is 0 Å². The van der Waals surface area contributed by atoms with Gasteiger partial charge in [-0.2, -0.15) is 4.68 Å². The zero-order valence-electron chi connectivity index (χ0n) is 16.0. The Bertz CT molecular complexity index is 1120. The number of aromatic nitrogens is 2. The van der Waals surface area contributed by atoms with E-state index in [2.05, 4.69) is 27.3 Å². The normalized spacial score (nSPS) is 14.8. The third-order valence-electron chi connectivity index (χ3n) is 4.98. The summed E-state index contributed by atoms with van der Waals surface area (Å²) in [6, 6.07) is 8.07. The number of carbonyl (C=O) groups is 3. The molecule has 1 saturated heterocycles. The Morgan fingerprint density at radius 2 is 1.73 bits per heavy atom. The summed E-state index contributed by atoms with van der Waals surface area (Å²) in [6.07, 6.45) is -1.44. The number of carbonyl (C=O) groups excluding carboxylic acids is 1. The minimum atomic E-state index is -1.44. The van der Waals surface area contributed by atoms with Crippen LogP contribution in [0.3, 0.4) is 0 Å². The van der Waals surface area contributed by atoms with Crippen LogP contribution in [0.15, 0.2) is 34.7 Å². The van der Waals surface area contributed by atoms with E-state index in [0.717, 1.165) is 37.9 Å². The standard InChI is InChI=1S/C19H19N5O6/c1-22-6-8-23(9-7-22)12-4-2-11(3-5-12)17(25)20-16-15-13(24(21-16)19(28)29)10-14(30-15)18(26)27/h2-5,10H,6-9H2,1H3,(H,26,27)(H,28,29)(H,20,21,25). The third kappa shape index (κ3) is 3.57. The van der Waals surface area contributed by atoms with Crippen molar-refractivity contribution >= 4 is 40.6 Å². The van der Waals surface area contributed by atoms with Crippen LogP contribution in [0.4, 0.5) is 16.3 Å². The smallest absolute Gasteiger partial charge is 0.432 e. The minimum Gasteiger partial charge on any atom is -0.475 e. The SMILES string of the molecule is CN1CCN(c2ccc(C(=O)Nc3nn(C(=O)O)c4cc(C(=O)O)oc34)cc2)CC1. The van der Waals surface area contributed by atoms with Gasteiger partial charge in [-0.3, -0.25) is 4.79 Å². The van der Waals surface area contributed by atoms with Gasteiger partial charge in [0.25, 0.3) is 5.91 Å². The van der Waals surface area contributed by atoms with Crippen LogP contribution >= 0.6 is 0 Å². The van der Waals surface area contributed by atoms with Crippen molar-refractivity contribution < 1.29 is 29.0 Å². The van der Waals surface area contributed by atoms with Gasteiger partial charge >= 0.3 is 12.1 Å². The number of amides is 1. The average molecular weight is 413 g/mol. The summed E-state index contributed by atoms with van der Waals surface area (Å²) in [5, 5.41) is 24.6. The Hall–Kier alpha value is -3.86. The minimum absolute atomic E-state index is 0.0689. The van der Waals surface area contributed by atoms with Gasteiger partial charge in [-0.1, -0.05) is 0 Å². The molecule has 0 saturated carbocycles. The van der Waals surface area contributed by atoms with Gasteiger partial charge in [-0.05, 0) is 31.3 Å². The van der Waals surface area contributed by atoms with Gasteiger partial charge in [0.05, 0.1) is 0 Å². The number of likely N-dealkylation sites (N-methyl/N-ethyl adjacent to an activating group) is 1. The molecule has 0 unspecified atom stereocenters. The van der Waals surface area contributed by atoms with Crippen LogP contribution in [0, 0.1) is 0 Å². The molecular formula is C19H19N5O6. The summed E-state index contributed by atoms with van der Waals surface area (Å²) in [4.78, 5) is 39.6. The highest BCUT2D eigenvalue weighted by Gasteiger charge is 2.24. The van der Waals surface area contributed by atoms with E-state index >= 15 is 0 Å². The molecular weight excluding hydrogens is 394 g/mol. The molecule has 1 fully saturated rings. The lowest BCUT2D eigenvalue weighted by Gasteiger charge is -2.34. The maximum Gasteiger partial charge on any atom is 0.432 e. The first-order valence-electron chi connectivity index (χ1n) is 9.17. The lowest BCUT2D eigenvalue weighted by Crippen LogP contribution is -2.44. The van der Waals surface area contributed by atoms with E-state index < -0.39 is 23.7 Å². The number of nitrogens with zero attached hydrogens (tertiary/aromatic N) is 4. The van der Waals surface area contributed by atoms with Crippen molar-refractivity contribution in [2.75, 3.05) is 43.4 Å². The van der Waals surface area contributed by atoms with Crippen molar-refractivity contribution in [3.05, 3.63) is 41.7 Å². The van der Waals surface area contributed by atoms with Gasteiger partial charge in [0.15, 0.2) is 11.4 Å². The van der Waals surface area contributed by atoms with Gasteiger partial charge in [0.2, 0.25) is 5.76 Å². The predicted molar refractivity (Wildman–Crippen MR) is 106 cm³/mol. The monoisotopic (exact) mass is 413 g/mol. The summed E-state index contributed by atoms with van der Waals surface area (Å²) in [5.41, 5.74) is 1.16. The van der Waals surface area contributed by atoms with Crippen LogP contribution in [0.5, 0.6) is 0 Å². The second-order valence-corrected chi connectivity index (χ2v) is 6.96. The number of aromatic carboxylic acids is 1. The number of rotatable bonds is 4. The second-order valence-electron chi connectivity index (χ2n) is 6.96. The molecule has 1 aliphatic rings. The average Bonchev–Trinajstić information content (AvgIpc) is 3.29. The molecule has 1 aromatic carbocycles. The number of benzene rings is 1. The fraction of sp³-hybridized carbons (Fsp3) is 0.263. The van der Waals surface area contributed by atoms with Crippen molar-refractivity contribution in [3.8, 4) is 0 Å². The van der Waals surface area contributed by atoms with Crippen molar-refractivity contribution in [1.82, 2.24) is 14.7 Å². The van der Waals surface area contributed by atoms with Crippen LogP contribution in [0.2, 0.25) is 0 Å². The molecule has 11 nitrogen and oxygen atoms in total. The molecule has 1 aliphatic heterocycles. The van der Waals surface area contributed by atoms with E-state index in [-0.39, 0.29) is 16.9 Å². The molecule has 3 N–H and O–H groups in total. The van der Waals surface area contributed by atoms with Crippen LogP contribution in [0.25, 0.3) is 11.1 Å². The Balaban J connectivity index is 1.55. The molecule has 0 spiro atoms. The largest absolute Gasteiger partial charge is 0.475 e. The molecule has 0 aliphatic carbocycles. The maximum atomic E-state index is 12.6. The summed E-state index contributed by atoms with van der Waals surface area (Å²) in [7, 11) is 2.08. The number of piperazine rings is 1. The van der Waals surface area contributed by atoms with Gasteiger partial charge in [-0.25, -0.2) is 9.59 Å². The first kappa shape index (κ1) is 19.5. The predicted octanol–water partition coefficient (Wildman–Crippen LogP) is 1.86. The highest BCUT2D eigenvalue weighted by atomic mass is 16.4. The van der Waals surface area contributed by atoms with Crippen LogP contribution < -0.4 is 10.2 Å². The first-order chi connectivity index (χ1) is 14.3. The molecule has 4 rings (SSSR count). The lowest BCUT2D eigenvalue weighted by atomic mass is 10.1. The molecule has 11 heteroatoms. The number of hydrogen-bond acceptors (Lipinski definition) is 7. The van der Waals surface area contributed by atoms with Crippen LogP contribution in [0.1, 0.15) is 20.9 Å². The van der Waals surface area contributed by atoms with Gasteiger partial charge in [0, 0.05) is 43.5 Å². The van der Waals surface area contributed by atoms with E-state index in [4.69, 9.17) is 9.52 Å². The maximum absolute atomic E-state index is 12.6. The Labute approximate surface area is 170 Å². The molecule has 0 bridgehead atoms. The van der Waals surface area contributed by atoms with E-state index in [1.165, 1.54) is 0 Å². The van der Waals surface area contributed by atoms with Crippen molar-refractivity contribution in [3.63, 3.8) is 0 Å². The number of nitrogens with one attached hydrogen (secondary N) is 1. The first-order valence-corrected chi connectivity index (χ1v) is 9.17. The molecule has 3 aromatic rings. The molecule has 2 aromatic heterocycles. The van der Waals surface area contributed by atoms with Gasteiger partial charge in [0.1, 0.15) is 5.52 Å². The fourth-order valence-electron chi connectivity index (χ4n) is 3.31. The lowest BCUT2D eigenvalue weighted by molar-refractivity contribution is 0.0665. The summed E-state index contributed by atoms with van der Waals surface area (Å²) in [6.45, 7) is 3.73. The number of hydrogen-bond donors (Lipinski definition) is 3. The van der Waals surface area contributed by atoms with E-state index in [1.807, 2.05) is 12.1 Å². The number of furan rings is 1. The second kappa shape index (κ2) is 7.52. The number of fused-ring (bicyclic) bond motifs is 1. The number of anilines is 2. The van der Waals surface area contributed by atoms with E-state index in [1.54, 1.807) is 12.1 Å². The zero-order valence-corrected chi connectivity index (χ0v) is 16.0. The van der Waals surface area contributed by atoms with Gasteiger partial charge < -0.3 is 29.7 Å². The molecule has 156 valence electrons.